The van der Waals surface area contributed by atoms with Crippen LogP contribution in [0, 0.1) is 64.6 Å². The summed E-state index contributed by atoms with van der Waals surface area (Å²) in [5.74, 6) is 6.98. The maximum Gasteiger partial charge on any atom is 0.328 e. The summed E-state index contributed by atoms with van der Waals surface area (Å²) in [4.78, 5) is 41.0. The highest BCUT2D eigenvalue weighted by molar-refractivity contribution is 5.82. The van der Waals surface area contributed by atoms with Crippen LogP contribution in [0.1, 0.15) is 24.4 Å². The number of amides is 1. The molecule has 5 aliphatic carbocycles. The number of nitrogens with zero attached hydrogens (tertiary/aromatic N) is 3. The molecular weight excluding hydrogens is 344 g/mol. The first-order chi connectivity index (χ1) is 13.1. The molecule has 1 aliphatic heterocycles. The van der Waals surface area contributed by atoms with Crippen molar-refractivity contribution >= 4 is 5.91 Å². The highest BCUT2D eigenvalue weighted by atomic mass is 16.2. The number of nitriles is 1. The fourth-order valence-corrected chi connectivity index (χ4v) is 8.66. The molecule has 1 aromatic heterocycles. The smallest absolute Gasteiger partial charge is 0.328 e. The molecule has 7 heteroatoms. The summed E-state index contributed by atoms with van der Waals surface area (Å²) in [7, 11) is 0. The Kier molecular flexibility index (Phi) is 2.38. The van der Waals surface area contributed by atoms with Crippen molar-refractivity contribution in [1.29, 1.82) is 5.26 Å². The lowest BCUT2D eigenvalue weighted by Crippen LogP contribution is -2.57. The first kappa shape index (κ1) is 14.7. The van der Waals surface area contributed by atoms with Gasteiger partial charge in [-0.05, 0) is 60.2 Å². The minimum Gasteiger partial charge on any atom is -0.338 e. The minimum atomic E-state index is -0.651. The number of aromatic nitrogens is 2. The van der Waals surface area contributed by atoms with Crippen LogP contribution in [0.2, 0.25) is 0 Å². The van der Waals surface area contributed by atoms with E-state index in [1.165, 1.54) is 23.6 Å². The third-order valence-corrected chi connectivity index (χ3v) is 9.26. The van der Waals surface area contributed by atoms with Gasteiger partial charge in [0.1, 0.15) is 11.6 Å². The van der Waals surface area contributed by atoms with Gasteiger partial charge in [-0.3, -0.25) is 19.1 Å². The summed E-state index contributed by atoms with van der Waals surface area (Å²) in [6.07, 6.45) is 4.10. The second kappa shape index (κ2) is 4.37. The number of aromatic amines is 1. The van der Waals surface area contributed by atoms with E-state index in [0.717, 1.165) is 35.5 Å². The van der Waals surface area contributed by atoms with Crippen molar-refractivity contribution in [1.82, 2.24) is 14.5 Å². The molecule has 6 aliphatic rings. The van der Waals surface area contributed by atoms with Crippen molar-refractivity contribution in [2.45, 2.75) is 18.9 Å². The molecule has 7 nitrogen and oxygen atoms in total. The molecule has 2 heterocycles. The van der Waals surface area contributed by atoms with Crippen LogP contribution in [0.3, 0.4) is 0 Å². The van der Waals surface area contributed by atoms with Crippen molar-refractivity contribution in [3.63, 3.8) is 0 Å². The quantitative estimate of drug-likeness (QED) is 0.809. The van der Waals surface area contributed by atoms with Crippen LogP contribution in [0.5, 0.6) is 0 Å². The van der Waals surface area contributed by atoms with Gasteiger partial charge in [-0.2, -0.15) is 5.26 Å². The van der Waals surface area contributed by atoms with Crippen LogP contribution < -0.4 is 11.2 Å². The maximum absolute atomic E-state index is 13.3. The predicted octanol–water partition coefficient (Wildman–Crippen LogP) is 0.186. The van der Waals surface area contributed by atoms with Crippen molar-refractivity contribution in [2.24, 2.45) is 53.3 Å². The van der Waals surface area contributed by atoms with Crippen LogP contribution in [0.4, 0.5) is 0 Å². The number of fused-ring (bicyclic) bond motifs is 2. The van der Waals surface area contributed by atoms with Gasteiger partial charge in [0.2, 0.25) is 5.91 Å². The lowest BCUT2D eigenvalue weighted by molar-refractivity contribution is -0.149. The summed E-state index contributed by atoms with van der Waals surface area (Å²) in [6, 6.07) is 1.67. The summed E-state index contributed by atoms with van der Waals surface area (Å²) in [6.45, 7) is 1.01. The predicted molar refractivity (Wildman–Crippen MR) is 92.3 cm³/mol. The average Bonchev–Trinajstić information content (AvgIpc) is 3.14. The second-order valence-electron chi connectivity index (χ2n) is 9.68. The molecule has 0 aromatic carbocycles. The molecule has 2 bridgehead atoms. The van der Waals surface area contributed by atoms with Crippen LogP contribution in [0.25, 0.3) is 0 Å². The number of hydrogen-bond donors (Lipinski definition) is 1. The number of carbonyl (C=O) groups is 1. The molecule has 9 unspecified atom stereocenters. The van der Waals surface area contributed by atoms with Crippen molar-refractivity contribution in [2.75, 3.05) is 13.1 Å². The van der Waals surface area contributed by atoms with Gasteiger partial charge < -0.3 is 4.90 Å². The molecule has 1 saturated heterocycles. The van der Waals surface area contributed by atoms with Gasteiger partial charge in [0.05, 0.1) is 6.04 Å². The summed E-state index contributed by atoms with van der Waals surface area (Å²) in [5, 5.41) is 9.02. The Morgan fingerprint density at radius 1 is 1.04 bits per heavy atom. The molecule has 7 rings (SSSR count). The normalized spacial score (nSPS) is 47.2. The van der Waals surface area contributed by atoms with E-state index in [1.54, 1.807) is 0 Å². The van der Waals surface area contributed by atoms with Gasteiger partial charge >= 0.3 is 5.69 Å². The largest absolute Gasteiger partial charge is 0.338 e. The number of hydrogen-bond acceptors (Lipinski definition) is 4. The third kappa shape index (κ3) is 1.44. The molecule has 9 atom stereocenters. The molecule has 27 heavy (non-hydrogen) atoms. The zero-order chi connectivity index (χ0) is 18.2. The molecular formula is C20H20N4O3. The van der Waals surface area contributed by atoms with E-state index in [-0.39, 0.29) is 17.5 Å². The lowest BCUT2D eigenvalue weighted by atomic mass is 9.57. The zero-order valence-electron chi connectivity index (χ0n) is 14.7. The summed E-state index contributed by atoms with van der Waals surface area (Å²) in [5.41, 5.74) is -1.22. The lowest BCUT2D eigenvalue weighted by Gasteiger charge is -2.49. The fraction of sp³-hybridized carbons (Fsp3) is 0.700. The molecule has 1 N–H and O–H groups in total. The summed E-state index contributed by atoms with van der Waals surface area (Å²) < 4.78 is 1.41. The van der Waals surface area contributed by atoms with E-state index in [9.17, 15) is 14.4 Å². The Hall–Kier alpha value is -2.36. The number of H-pyrrole nitrogens is 1. The zero-order valence-corrected chi connectivity index (χ0v) is 14.7. The first-order valence-corrected chi connectivity index (χ1v) is 10.1. The minimum absolute atomic E-state index is 0.0654. The molecule has 0 radical (unpaired) electrons. The van der Waals surface area contributed by atoms with Crippen molar-refractivity contribution in [3.05, 3.63) is 32.6 Å². The number of carbonyl (C=O) groups excluding carboxylic acids is 1. The Bertz CT molecular complexity index is 1050. The van der Waals surface area contributed by atoms with E-state index >= 15 is 0 Å². The standard InChI is InChI=1S/C20H20N4O3/c21-3-7-4-24(20(27)22-18(7)25)8-5-23(6-8)19(26)17-14-10-2-11-13-9(10)1-12(14)15(13)16(11)17/h4,8-17H,1-2,5-6H2,(H,22,25,27). The molecule has 6 fully saturated rings. The van der Waals surface area contributed by atoms with Gasteiger partial charge in [-0.25, -0.2) is 4.79 Å². The monoisotopic (exact) mass is 364 g/mol. The van der Waals surface area contributed by atoms with E-state index in [4.69, 9.17) is 5.26 Å². The van der Waals surface area contributed by atoms with Gasteiger partial charge in [0.15, 0.2) is 0 Å². The van der Waals surface area contributed by atoms with Crippen LogP contribution in [-0.4, -0.2) is 33.4 Å². The molecule has 1 aromatic rings. The highest BCUT2D eigenvalue weighted by Crippen LogP contribution is 2.84. The van der Waals surface area contributed by atoms with E-state index in [1.807, 2.05) is 11.0 Å². The topological polar surface area (TPSA) is 99.0 Å². The Balaban J connectivity index is 1.13. The van der Waals surface area contributed by atoms with Crippen LogP contribution >= 0.6 is 0 Å². The molecule has 0 spiro atoms. The highest BCUT2D eigenvalue weighted by Gasteiger charge is 2.81. The average molecular weight is 364 g/mol. The van der Waals surface area contributed by atoms with Gasteiger partial charge in [0.25, 0.3) is 5.56 Å². The SMILES string of the molecule is N#Cc1cn(C2CN(C(=O)C3C4C5CC6C7C5CC4C7C63)C2)c(=O)[nH]c1=O. The number of nitrogens with one attached hydrogen (secondary N) is 1. The van der Waals surface area contributed by atoms with Gasteiger partial charge in [-0.1, -0.05) is 0 Å². The van der Waals surface area contributed by atoms with Crippen LogP contribution in [-0.2, 0) is 4.79 Å². The van der Waals surface area contributed by atoms with E-state index < -0.39 is 11.2 Å². The first-order valence-electron chi connectivity index (χ1n) is 10.1. The summed E-state index contributed by atoms with van der Waals surface area (Å²) >= 11 is 0. The van der Waals surface area contributed by atoms with E-state index in [2.05, 4.69) is 4.98 Å². The number of rotatable bonds is 2. The Labute approximate surface area is 155 Å². The maximum atomic E-state index is 13.3. The van der Waals surface area contributed by atoms with E-state index in [0.29, 0.717) is 30.8 Å². The van der Waals surface area contributed by atoms with Gasteiger partial charge in [-0.15, -0.1) is 0 Å². The van der Waals surface area contributed by atoms with Crippen molar-refractivity contribution in [3.8, 4) is 6.07 Å². The molecule has 1 amide bonds. The van der Waals surface area contributed by atoms with Crippen molar-refractivity contribution < 1.29 is 4.79 Å². The van der Waals surface area contributed by atoms with Gasteiger partial charge in [0, 0.05) is 25.2 Å². The Morgan fingerprint density at radius 2 is 1.74 bits per heavy atom. The number of likely N-dealkylation sites (tertiary alicyclic amines) is 1. The fourth-order valence-electron chi connectivity index (χ4n) is 8.66. The molecule has 138 valence electrons. The second-order valence-corrected chi connectivity index (χ2v) is 9.68. The third-order valence-electron chi connectivity index (χ3n) is 9.26. The van der Waals surface area contributed by atoms with Crippen LogP contribution in [0.15, 0.2) is 15.8 Å². The molecule has 5 saturated carbocycles. The Morgan fingerprint density at radius 3 is 2.48 bits per heavy atom.